The van der Waals surface area contributed by atoms with Gasteiger partial charge in [0.25, 0.3) is 11.8 Å². The zero-order valence-corrected chi connectivity index (χ0v) is 12.0. The van der Waals surface area contributed by atoms with Crippen molar-refractivity contribution in [1.29, 1.82) is 0 Å². The Kier molecular flexibility index (Phi) is 4.29. The van der Waals surface area contributed by atoms with Gasteiger partial charge in [0, 0.05) is 4.70 Å². The van der Waals surface area contributed by atoms with E-state index in [-0.39, 0.29) is 10.6 Å². The standard InChI is InChI=1S/C13H14F2N2O3S/c1-20-7-3-2-4-8-9(7)10(16)11(21-8)12(19)17-5-13(14,15)6-18/h2-4,18H,5-6,16H2,1H3,(H,17,19). The summed E-state index contributed by atoms with van der Waals surface area (Å²) >= 11 is 1.10. The molecule has 1 heterocycles. The molecule has 0 bridgehead atoms. The number of carbonyl (C=O) groups excluding carboxylic acids is 1. The molecule has 8 heteroatoms. The number of benzene rings is 1. The number of halogens is 2. The van der Waals surface area contributed by atoms with Gasteiger partial charge >= 0.3 is 0 Å². The molecule has 2 aromatic rings. The fourth-order valence-electron chi connectivity index (χ4n) is 1.82. The van der Waals surface area contributed by atoms with Gasteiger partial charge in [-0.1, -0.05) is 6.07 Å². The normalized spacial score (nSPS) is 11.6. The Morgan fingerprint density at radius 2 is 2.24 bits per heavy atom. The molecule has 0 aliphatic carbocycles. The lowest BCUT2D eigenvalue weighted by Gasteiger charge is -2.13. The Morgan fingerprint density at radius 3 is 2.86 bits per heavy atom. The monoisotopic (exact) mass is 316 g/mol. The van der Waals surface area contributed by atoms with E-state index in [9.17, 15) is 13.6 Å². The highest BCUT2D eigenvalue weighted by Crippen LogP contribution is 2.39. The molecule has 4 N–H and O–H groups in total. The number of alkyl halides is 2. The lowest BCUT2D eigenvalue weighted by molar-refractivity contribution is -0.0461. The molecule has 1 aromatic carbocycles. The number of fused-ring (bicyclic) bond motifs is 1. The van der Waals surface area contributed by atoms with Gasteiger partial charge < -0.3 is 20.9 Å². The molecular formula is C13H14F2N2O3S. The number of amides is 1. The largest absolute Gasteiger partial charge is 0.496 e. The Morgan fingerprint density at radius 1 is 1.52 bits per heavy atom. The summed E-state index contributed by atoms with van der Waals surface area (Å²) in [6, 6.07) is 5.21. The van der Waals surface area contributed by atoms with Gasteiger partial charge in [0.1, 0.15) is 17.2 Å². The number of aliphatic hydroxyl groups excluding tert-OH is 1. The van der Waals surface area contributed by atoms with Gasteiger partial charge in [-0.2, -0.15) is 0 Å². The van der Waals surface area contributed by atoms with Gasteiger partial charge in [0.2, 0.25) is 0 Å². The first kappa shape index (κ1) is 15.5. The number of carbonyl (C=O) groups is 1. The fourth-order valence-corrected chi connectivity index (χ4v) is 2.88. The highest BCUT2D eigenvalue weighted by Gasteiger charge is 2.29. The van der Waals surface area contributed by atoms with Crippen molar-refractivity contribution in [2.75, 3.05) is 26.0 Å². The number of hydrogen-bond acceptors (Lipinski definition) is 5. The molecule has 1 amide bonds. The van der Waals surface area contributed by atoms with E-state index in [1.807, 2.05) is 0 Å². The van der Waals surface area contributed by atoms with Crippen LogP contribution < -0.4 is 15.8 Å². The molecule has 0 saturated heterocycles. The number of nitrogen functional groups attached to an aromatic ring is 1. The molecule has 2 rings (SSSR count). The maximum Gasteiger partial charge on any atom is 0.287 e. The fraction of sp³-hybridized carbons (Fsp3) is 0.308. The summed E-state index contributed by atoms with van der Waals surface area (Å²) in [4.78, 5) is 12.1. The van der Waals surface area contributed by atoms with Crippen molar-refractivity contribution in [1.82, 2.24) is 5.32 Å². The maximum atomic E-state index is 12.9. The van der Waals surface area contributed by atoms with E-state index >= 15 is 0 Å². The average molecular weight is 316 g/mol. The van der Waals surface area contributed by atoms with Crippen molar-refractivity contribution in [3.05, 3.63) is 23.1 Å². The molecule has 0 atom stereocenters. The van der Waals surface area contributed by atoms with Crippen LogP contribution in [0.4, 0.5) is 14.5 Å². The predicted molar refractivity (Wildman–Crippen MR) is 77.2 cm³/mol. The van der Waals surface area contributed by atoms with Crippen LogP contribution >= 0.6 is 11.3 Å². The number of nitrogens with two attached hydrogens (primary N) is 1. The first-order chi connectivity index (χ1) is 9.89. The summed E-state index contributed by atoms with van der Waals surface area (Å²) in [5.74, 6) is -3.55. The van der Waals surface area contributed by atoms with E-state index in [1.54, 1.807) is 18.2 Å². The molecule has 0 unspecified atom stereocenters. The van der Waals surface area contributed by atoms with Crippen molar-refractivity contribution >= 4 is 33.0 Å². The lowest BCUT2D eigenvalue weighted by atomic mass is 10.2. The zero-order chi connectivity index (χ0) is 15.6. The number of hydrogen-bond donors (Lipinski definition) is 3. The second-order valence-corrected chi connectivity index (χ2v) is 5.43. The molecule has 0 radical (unpaired) electrons. The van der Waals surface area contributed by atoms with Crippen LogP contribution in [-0.4, -0.2) is 37.2 Å². The highest BCUT2D eigenvalue weighted by molar-refractivity contribution is 7.21. The second-order valence-electron chi connectivity index (χ2n) is 4.38. The molecular weight excluding hydrogens is 302 g/mol. The van der Waals surface area contributed by atoms with Crippen molar-refractivity contribution < 1.29 is 23.4 Å². The van der Waals surface area contributed by atoms with Crippen LogP contribution in [-0.2, 0) is 0 Å². The third kappa shape index (κ3) is 3.06. The summed E-state index contributed by atoms with van der Waals surface area (Å²) in [6.45, 7) is -2.28. The first-order valence-corrected chi connectivity index (χ1v) is 6.83. The van der Waals surface area contributed by atoms with Crippen LogP contribution in [0.2, 0.25) is 0 Å². The number of methoxy groups -OCH3 is 1. The molecule has 0 saturated carbocycles. The second kappa shape index (κ2) is 5.82. The predicted octanol–water partition coefficient (Wildman–Crippen LogP) is 1.85. The highest BCUT2D eigenvalue weighted by atomic mass is 32.1. The number of aliphatic hydroxyl groups is 1. The van der Waals surface area contributed by atoms with Gasteiger partial charge in [-0.15, -0.1) is 11.3 Å². The van der Waals surface area contributed by atoms with E-state index in [0.29, 0.717) is 11.1 Å². The number of ether oxygens (including phenoxy) is 1. The topological polar surface area (TPSA) is 84.6 Å². The summed E-state index contributed by atoms with van der Waals surface area (Å²) in [6.07, 6.45) is 0. The van der Waals surface area contributed by atoms with Gasteiger partial charge in [0.05, 0.1) is 24.7 Å². The van der Waals surface area contributed by atoms with E-state index in [4.69, 9.17) is 15.6 Å². The average Bonchev–Trinajstić information content (AvgIpc) is 2.82. The Hall–Kier alpha value is -1.93. The van der Waals surface area contributed by atoms with Gasteiger partial charge in [0.15, 0.2) is 0 Å². The quantitative estimate of drug-likeness (QED) is 0.786. The van der Waals surface area contributed by atoms with Crippen molar-refractivity contribution in [3.8, 4) is 5.75 Å². The van der Waals surface area contributed by atoms with Gasteiger partial charge in [-0.3, -0.25) is 4.79 Å². The summed E-state index contributed by atoms with van der Waals surface area (Å²) in [7, 11) is 1.48. The molecule has 1 aromatic heterocycles. The smallest absolute Gasteiger partial charge is 0.287 e. The zero-order valence-electron chi connectivity index (χ0n) is 11.2. The van der Waals surface area contributed by atoms with Gasteiger partial charge in [-0.25, -0.2) is 8.78 Å². The minimum atomic E-state index is -3.36. The molecule has 21 heavy (non-hydrogen) atoms. The van der Waals surface area contributed by atoms with Crippen LogP contribution in [0, 0.1) is 0 Å². The van der Waals surface area contributed by atoms with Crippen LogP contribution in [0.1, 0.15) is 9.67 Å². The molecule has 5 nitrogen and oxygen atoms in total. The van der Waals surface area contributed by atoms with Crippen LogP contribution in [0.5, 0.6) is 5.75 Å². The maximum absolute atomic E-state index is 12.9. The van der Waals surface area contributed by atoms with E-state index < -0.39 is 25.0 Å². The van der Waals surface area contributed by atoms with Crippen molar-refractivity contribution in [2.45, 2.75) is 5.92 Å². The van der Waals surface area contributed by atoms with E-state index in [0.717, 1.165) is 16.0 Å². The van der Waals surface area contributed by atoms with Crippen molar-refractivity contribution in [2.24, 2.45) is 0 Å². The Labute approximate surface area is 123 Å². The minimum Gasteiger partial charge on any atom is -0.496 e. The third-order valence-electron chi connectivity index (χ3n) is 2.88. The molecule has 0 aliphatic heterocycles. The van der Waals surface area contributed by atoms with E-state index in [1.165, 1.54) is 7.11 Å². The number of rotatable bonds is 5. The number of nitrogens with one attached hydrogen (secondary N) is 1. The molecule has 114 valence electrons. The van der Waals surface area contributed by atoms with Crippen LogP contribution in [0.3, 0.4) is 0 Å². The lowest BCUT2D eigenvalue weighted by Crippen LogP contribution is -2.38. The summed E-state index contributed by atoms with van der Waals surface area (Å²) in [5.41, 5.74) is 6.11. The van der Waals surface area contributed by atoms with Crippen molar-refractivity contribution in [3.63, 3.8) is 0 Å². The molecule has 0 spiro atoms. The molecule has 0 aliphatic rings. The summed E-state index contributed by atoms with van der Waals surface area (Å²) in [5, 5.41) is 11.1. The molecule has 0 fully saturated rings. The Bertz CT molecular complexity index is 673. The third-order valence-corrected chi connectivity index (χ3v) is 4.05. The summed E-state index contributed by atoms with van der Waals surface area (Å²) < 4.78 is 31.8. The van der Waals surface area contributed by atoms with Crippen LogP contribution in [0.15, 0.2) is 18.2 Å². The van der Waals surface area contributed by atoms with Crippen LogP contribution in [0.25, 0.3) is 10.1 Å². The van der Waals surface area contributed by atoms with E-state index in [2.05, 4.69) is 5.32 Å². The SMILES string of the molecule is COc1cccc2sc(C(=O)NCC(F)(F)CO)c(N)c12. The first-order valence-electron chi connectivity index (χ1n) is 6.01. The number of anilines is 1. The minimum absolute atomic E-state index is 0.142. The Balaban J connectivity index is 2.30. The number of thiophene rings is 1. The van der Waals surface area contributed by atoms with Gasteiger partial charge in [-0.05, 0) is 12.1 Å².